The zero-order chi connectivity index (χ0) is 15.7. The fraction of sp³-hybridized carbons (Fsp3) is 0.0588. The van der Waals surface area contributed by atoms with E-state index in [1.807, 2.05) is 31.2 Å². The number of rotatable bonds is 2. The lowest BCUT2D eigenvalue weighted by Crippen LogP contribution is -2.13. The molecule has 0 unspecified atom stereocenters. The molecule has 0 aliphatic carbocycles. The number of nitrogens with zero attached hydrogens (tertiary/aromatic N) is 1. The summed E-state index contributed by atoms with van der Waals surface area (Å²) in [6, 6.07) is 12.5. The number of hydrogen-bond donors (Lipinski definition) is 1. The van der Waals surface area contributed by atoms with E-state index in [0.717, 1.165) is 16.5 Å². The maximum atomic E-state index is 12.4. The lowest BCUT2D eigenvalue weighted by molar-refractivity contribution is 0.102. The Morgan fingerprint density at radius 2 is 1.91 bits per heavy atom. The molecular formula is C17H12Cl2N2O. The quantitative estimate of drug-likeness (QED) is 0.710. The van der Waals surface area contributed by atoms with Crippen molar-refractivity contribution in [3.05, 3.63) is 69.8 Å². The van der Waals surface area contributed by atoms with Gasteiger partial charge in [0.15, 0.2) is 0 Å². The molecule has 0 aliphatic heterocycles. The fourth-order valence-electron chi connectivity index (χ4n) is 2.29. The average molecular weight is 331 g/mol. The molecule has 0 bridgehead atoms. The highest BCUT2D eigenvalue weighted by atomic mass is 35.5. The molecule has 0 aliphatic rings. The number of anilines is 1. The molecule has 1 aromatic heterocycles. The molecule has 2 aromatic carbocycles. The van der Waals surface area contributed by atoms with Crippen LogP contribution in [0.2, 0.25) is 10.0 Å². The second kappa shape index (κ2) is 5.95. The first-order valence-corrected chi connectivity index (χ1v) is 7.43. The molecule has 0 spiro atoms. The Balaban J connectivity index is 2.02. The Morgan fingerprint density at radius 3 is 2.73 bits per heavy atom. The van der Waals surface area contributed by atoms with E-state index >= 15 is 0 Å². The van der Waals surface area contributed by atoms with Gasteiger partial charge in [-0.15, -0.1) is 0 Å². The van der Waals surface area contributed by atoms with Crippen LogP contribution < -0.4 is 5.32 Å². The summed E-state index contributed by atoms with van der Waals surface area (Å²) in [6.45, 7) is 1.98. The van der Waals surface area contributed by atoms with Gasteiger partial charge in [-0.3, -0.25) is 9.78 Å². The van der Waals surface area contributed by atoms with Crippen LogP contribution in [-0.2, 0) is 0 Å². The minimum Gasteiger partial charge on any atom is -0.321 e. The van der Waals surface area contributed by atoms with E-state index in [4.69, 9.17) is 23.2 Å². The number of benzene rings is 2. The van der Waals surface area contributed by atoms with E-state index in [9.17, 15) is 4.79 Å². The van der Waals surface area contributed by atoms with E-state index < -0.39 is 0 Å². The van der Waals surface area contributed by atoms with Crippen molar-refractivity contribution in [3.8, 4) is 0 Å². The summed E-state index contributed by atoms with van der Waals surface area (Å²) < 4.78 is 0. The Bertz CT molecular complexity index is 878. The summed E-state index contributed by atoms with van der Waals surface area (Å²) >= 11 is 12.0. The average Bonchev–Trinajstić information content (AvgIpc) is 2.53. The molecule has 22 heavy (non-hydrogen) atoms. The monoisotopic (exact) mass is 330 g/mol. The van der Waals surface area contributed by atoms with Crippen LogP contribution in [0.4, 0.5) is 5.69 Å². The number of aryl methyl sites for hydroxylation is 1. The van der Waals surface area contributed by atoms with Crippen LogP contribution >= 0.6 is 23.2 Å². The third kappa shape index (κ3) is 2.65. The van der Waals surface area contributed by atoms with E-state index in [2.05, 4.69) is 10.3 Å². The molecule has 110 valence electrons. The molecule has 1 amide bonds. The van der Waals surface area contributed by atoms with Crippen LogP contribution in [0.3, 0.4) is 0 Å². The van der Waals surface area contributed by atoms with Gasteiger partial charge in [-0.2, -0.15) is 0 Å². The molecule has 5 heteroatoms. The molecule has 0 radical (unpaired) electrons. The Labute approximate surface area is 137 Å². The van der Waals surface area contributed by atoms with Gasteiger partial charge in [0, 0.05) is 11.6 Å². The molecule has 0 saturated carbocycles. The molecule has 0 atom stereocenters. The van der Waals surface area contributed by atoms with Crippen LogP contribution in [0.1, 0.15) is 15.9 Å². The lowest BCUT2D eigenvalue weighted by Gasteiger charge is -2.11. The number of carbonyl (C=O) groups is 1. The first kappa shape index (κ1) is 14.8. The van der Waals surface area contributed by atoms with Crippen molar-refractivity contribution in [1.82, 2.24) is 4.98 Å². The van der Waals surface area contributed by atoms with Crippen molar-refractivity contribution in [2.24, 2.45) is 0 Å². The number of hydrogen-bond acceptors (Lipinski definition) is 2. The highest BCUT2D eigenvalue weighted by Gasteiger charge is 2.14. The standard InChI is InChI=1S/C17H12Cl2N2O/c1-10-7-8-14(11-5-3-9-20-16(10)11)21-17(22)12-4-2-6-13(18)15(12)19/h2-9H,1H3,(H,21,22). The number of nitrogens with one attached hydrogen (secondary N) is 1. The molecule has 0 saturated heterocycles. The van der Waals surface area contributed by atoms with Gasteiger partial charge in [0.25, 0.3) is 5.91 Å². The summed E-state index contributed by atoms with van der Waals surface area (Å²) in [5.41, 5.74) is 2.94. The van der Waals surface area contributed by atoms with Crippen molar-refractivity contribution >= 4 is 45.7 Å². The van der Waals surface area contributed by atoms with Crippen LogP contribution in [0.5, 0.6) is 0 Å². The summed E-state index contributed by atoms with van der Waals surface area (Å²) in [4.78, 5) is 16.8. The van der Waals surface area contributed by atoms with Crippen molar-refractivity contribution in [1.29, 1.82) is 0 Å². The smallest absolute Gasteiger partial charge is 0.257 e. The number of aromatic nitrogens is 1. The number of carbonyl (C=O) groups excluding carboxylic acids is 1. The van der Waals surface area contributed by atoms with Crippen molar-refractivity contribution in [2.75, 3.05) is 5.32 Å². The third-order valence-corrected chi connectivity index (χ3v) is 4.23. The summed E-state index contributed by atoms with van der Waals surface area (Å²) in [5.74, 6) is -0.304. The van der Waals surface area contributed by atoms with Crippen LogP contribution in [0.25, 0.3) is 10.9 Å². The topological polar surface area (TPSA) is 42.0 Å². The summed E-state index contributed by atoms with van der Waals surface area (Å²) in [5, 5.41) is 4.36. The number of fused-ring (bicyclic) bond motifs is 1. The molecule has 3 aromatic rings. The largest absolute Gasteiger partial charge is 0.321 e. The minimum absolute atomic E-state index is 0.246. The van der Waals surface area contributed by atoms with Gasteiger partial charge in [-0.1, -0.05) is 35.3 Å². The SMILES string of the molecule is Cc1ccc(NC(=O)c2cccc(Cl)c2Cl)c2cccnc12. The first-order chi connectivity index (χ1) is 10.6. The maximum Gasteiger partial charge on any atom is 0.257 e. The van der Waals surface area contributed by atoms with Crippen LogP contribution in [-0.4, -0.2) is 10.9 Å². The number of pyridine rings is 1. The van der Waals surface area contributed by atoms with E-state index in [0.29, 0.717) is 16.3 Å². The number of halogens is 2. The minimum atomic E-state index is -0.304. The highest BCUT2D eigenvalue weighted by molar-refractivity contribution is 6.44. The van der Waals surface area contributed by atoms with E-state index in [-0.39, 0.29) is 10.9 Å². The number of amides is 1. The fourth-order valence-corrected chi connectivity index (χ4v) is 2.68. The van der Waals surface area contributed by atoms with Gasteiger partial charge >= 0.3 is 0 Å². The molecule has 1 heterocycles. The highest BCUT2D eigenvalue weighted by Crippen LogP contribution is 2.28. The van der Waals surface area contributed by atoms with Crippen LogP contribution in [0.15, 0.2) is 48.7 Å². The van der Waals surface area contributed by atoms with Gasteiger partial charge in [-0.25, -0.2) is 0 Å². The maximum absolute atomic E-state index is 12.4. The molecule has 3 rings (SSSR count). The van der Waals surface area contributed by atoms with Gasteiger partial charge < -0.3 is 5.32 Å². The molecule has 0 fully saturated rings. The first-order valence-electron chi connectivity index (χ1n) is 6.67. The molecule has 1 N–H and O–H groups in total. The van der Waals surface area contributed by atoms with E-state index in [1.165, 1.54) is 0 Å². The normalized spacial score (nSPS) is 10.7. The molecule has 3 nitrogen and oxygen atoms in total. The summed E-state index contributed by atoms with van der Waals surface area (Å²) in [6.07, 6.45) is 1.73. The van der Waals surface area contributed by atoms with Crippen molar-refractivity contribution in [2.45, 2.75) is 6.92 Å². The lowest BCUT2D eigenvalue weighted by atomic mass is 10.1. The Kier molecular flexibility index (Phi) is 4.01. The Morgan fingerprint density at radius 1 is 1.09 bits per heavy atom. The van der Waals surface area contributed by atoms with Crippen molar-refractivity contribution in [3.63, 3.8) is 0 Å². The van der Waals surface area contributed by atoms with Crippen molar-refractivity contribution < 1.29 is 4.79 Å². The second-order valence-corrected chi connectivity index (χ2v) is 5.67. The predicted molar refractivity (Wildman–Crippen MR) is 90.9 cm³/mol. The third-order valence-electron chi connectivity index (χ3n) is 3.42. The van der Waals surface area contributed by atoms with E-state index in [1.54, 1.807) is 24.4 Å². The summed E-state index contributed by atoms with van der Waals surface area (Å²) in [7, 11) is 0. The van der Waals surface area contributed by atoms with Gasteiger partial charge in [-0.05, 0) is 42.8 Å². The zero-order valence-electron chi connectivity index (χ0n) is 11.7. The van der Waals surface area contributed by atoms with Gasteiger partial charge in [0.2, 0.25) is 0 Å². The predicted octanol–water partition coefficient (Wildman–Crippen LogP) is 5.10. The molecular weight excluding hydrogens is 319 g/mol. The zero-order valence-corrected chi connectivity index (χ0v) is 13.2. The van der Waals surface area contributed by atoms with Gasteiger partial charge in [0.1, 0.15) is 0 Å². The second-order valence-electron chi connectivity index (χ2n) is 4.89. The van der Waals surface area contributed by atoms with Gasteiger partial charge in [0.05, 0.1) is 26.8 Å². The van der Waals surface area contributed by atoms with Crippen LogP contribution in [0, 0.1) is 6.92 Å². The Hall–Kier alpha value is -2.10.